The van der Waals surface area contributed by atoms with Crippen LogP contribution in [0, 0.1) is 23.7 Å². The Kier molecular flexibility index (Phi) is 6.82. The van der Waals surface area contributed by atoms with Crippen LogP contribution in [0.2, 0.25) is 0 Å². The summed E-state index contributed by atoms with van der Waals surface area (Å²) in [6, 6.07) is 33.1. The van der Waals surface area contributed by atoms with Crippen LogP contribution >= 0.6 is 0 Å². The predicted molar refractivity (Wildman–Crippen MR) is 172 cm³/mol. The number of fused-ring (bicyclic) bond motifs is 1. The second kappa shape index (κ2) is 10.5. The fourth-order valence-electron chi connectivity index (χ4n) is 8.07. The van der Waals surface area contributed by atoms with Crippen LogP contribution in [0.3, 0.4) is 0 Å². The van der Waals surface area contributed by atoms with E-state index in [2.05, 4.69) is 112 Å². The van der Waals surface area contributed by atoms with Gasteiger partial charge in [-0.25, -0.2) is 0 Å². The van der Waals surface area contributed by atoms with Gasteiger partial charge in [-0.1, -0.05) is 106 Å². The summed E-state index contributed by atoms with van der Waals surface area (Å²) in [5, 5.41) is 4.89. The maximum Gasteiger partial charge on any atom is 0.352 e. The molecule has 0 amide bonds. The highest BCUT2D eigenvalue weighted by Crippen LogP contribution is 2.58. The van der Waals surface area contributed by atoms with Crippen molar-refractivity contribution >= 4 is 35.9 Å². The first-order valence-corrected chi connectivity index (χ1v) is 16.8. The summed E-state index contributed by atoms with van der Waals surface area (Å²) < 4.78 is 13.8. The fourth-order valence-corrected chi connectivity index (χ4v) is 10.1. The number of methoxy groups -OCH3 is 1. The van der Waals surface area contributed by atoms with Gasteiger partial charge in [0.05, 0.1) is 12.7 Å². The van der Waals surface area contributed by atoms with Gasteiger partial charge in [-0.15, -0.1) is 0 Å². The second-order valence-corrected chi connectivity index (χ2v) is 15.6. The Balaban J connectivity index is 1.43. The van der Waals surface area contributed by atoms with Crippen molar-refractivity contribution in [3.05, 3.63) is 108 Å². The highest BCUT2D eigenvalue weighted by atomic mass is 28.3. The van der Waals surface area contributed by atoms with Crippen molar-refractivity contribution < 1.29 is 9.16 Å². The second-order valence-electron chi connectivity index (χ2n) is 13.6. The van der Waals surface area contributed by atoms with E-state index in [-0.39, 0.29) is 5.41 Å². The Morgan fingerprint density at radius 3 is 1.83 bits per heavy atom. The van der Waals surface area contributed by atoms with Crippen LogP contribution in [0.1, 0.15) is 64.0 Å². The van der Waals surface area contributed by atoms with Crippen LogP contribution < -0.4 is 14.8 Å². The van der Waals surface area contributed by atoms with Gasteiger partial charge in [0, 0.05) is 5.39 Å². The third-order valence-corrected chi connectivity index (χ3v) is 12.0. The number of hydrogen-bond acceptors (Lipinski definition) is 2. The first-order chi connectivity index (χ1) is 19.9. The molecule has 4 saturated carbocycles. The molecule has 209 valence electrons. The molecular formula is C38H41O2Si. The lowest BCUT2D eigenvalue weighted by Crippen LogP contribution is -2.47. The monoisotopic (exact) mass is 557 g/mol. The Morgan fingerprint density at radius 1 is 0.707 bits per heavy atom. The third kappa shape index (κ3) is 4.93. The van der Waals surface area contributed by atoms with Gasteiger partial charge in [0.25, 0.3) is 0 Å². The summed E-state index contributed by atoms with van der Waals surface area (Å²) >= 11 is 0. The Hall–Kier alpha value is -3.30. The number of rotatable bonds is 6. The lowest BCUT2D eigenvalue weighted by molar-refractivity contribution is 0.0675. The summed E-state index contributed by atoms with van der Waals surface area (Å²) in [6.07, 6.45) is 6.77. The van der Waals surface area contributed by atoms with Crippen molar-refractivity contribution in [3.63, 3.8) is 0 Å². The molecule has 0 heterocycles. The average molecular weight is 558 g/mol. The van der Waals surface area contributed by atoms with Crippen molar-refractivity contribution in [1.82, 2.24) is 0 Å². The van der Waals surface area contributed by atoms with Crippen molar-refractivity contribution in [1.29, 1.82) is 0 Å². The lowest BCUT2D eigenvalue weighted by Gasteiger charge is -2.51. The summed E-state index contributed by atoms with van der Waals surface area (Å²) in [6.45, 7) is 6.85. The summed E-state index contributed by atoms with van der Waals surface area (Å²) in [4.78, 5) is 0. The molecule has 2 nitrogen and oxygen atoms in total. The van der Waals surface area contributed by atoms with Crippen LogP contribution in [0.25, 0.3) is 16.5 Å². The summed E-state index contributed by atoms with van der Waals surface area (Å²) in [7, 11) is 0.308. The molecule has 0 unspecified atom stereocenters. The number of allylic oxidation sites excluding steroid dienone is 1. The number of benzene rings is 4. The molecule has 1 radical (unpaired) electrons. The molecule has 0 spiro atoms. The molecule has 41 heavy (non-hydrogen) atoms. The van der Waals surface area contributed by atoms with E-state index in [9.17, 15) is 0 Å². The number of hydrogen-bond donors (Lipinski definition) is 0. The lowest BCUT2D eigenvalue weighted by atomic mass is 9.54. The zero-order valence-corrected chi connectivity index (χ0v) is 25.8. The Bertz CT molecular complexity index is 1510. The largest absolute Gasteiger partial charge is 0.532 e. The molecule has 4 fully saturated rings. The van der Waals surface area contributed by atoms with Crippen molar-refractivity contribution in [2.45, 2.75) is 58.3 Å². The predicted octanol–water partition coefficient (Wildman–Crippen LogP) is 8.14. The molecule has 4 aromatic rings. The topological polar surface area (TPSA) is 18.5 Å². The van der Waals surface area contributed by atoms with Crippen LogP contribution in [0.5, 0.6) is 5.75 Å². The maximum atomic E-state index is 7.37. The minimum atomic E-state index is -1.57. The Labute approximate surface area is 247 Å². The molecule has 0 aromatic heterocycles. The normalized spacial score (nSPS) is 23.3. The van der Waals surface area contributed by atoms with Crippen molar-refractivity contribution in [2.24, 2.45) is 23.7 Å². The van der Waals surface area contributed by atoms with E-state index in [1.165, 1.54) is 58.8 Å². The van der Waals surface area contributed by atoms with Crippen molar-refractivity contribution in [3.8, 4) is 5.75 Å². The highest BCUT2D eigenvalue weighted by molar-refractivity contribution is 6.80. The molecule has 0 aliphatic heterocycles. The summed E-state index contributed by atoms with van der Waals surface area (Å²) in [5.74, 6) is 5.19. The summed E-state index contributed by atoms with van der Waals surface area (Å²) in [5.41, 5.74) is 4.12. The quantitative estimate of drug-likeness (QED) is 0.176. The maximum absolute atomic E-state index is 7.37. The molecule has 0 N–H and O–H groups in total. The minimum Gasteiger partial charge on any atom is -0.532 e. The van der Waals surface area contributed by atoms with Gasteiger partial charge in [-0.3, -0.25) is 0 Å². The van der Waals surface area contributed by atoms with E-state index in [1.807, 2.05) is 7.11 Å². The van der Waals surface area contributed by atoms with Gasteiger partial charge >= 0.3 is 9.04 Å². The zero-order valence-electron chi connectivity index (χ0n) is 24.8. The molecule has 4 aromatic carbocycles. The van der Waals surface area contributed by atoms with Crippen LogP contribution in [0.15, 0.2) is 96.6 Å². The first-order valence-electron chi connectivity index (χ1n) is 15.4. The Morgan fingerprint density at radius 2 is 1.29 bits per heavy atom. The van der Waals surface area contributed by atoms with E-state index in [4.69, 9.17) is 9.16 Å². The highest BCUT2D eigenvalue weighted by Gasteiger charge is 2.47. The molecule has 4 aliphatic rings. The smallest absolute Gasteiger partial charge is 0.352 e. The van der Waals surface area contributed by atoms with Gasteiger partial charge in [0.15, 0.2) is 0 Å². The van der Waals surface area contributed by atoms with Gasteiger partial charge in [0.2, 0.25) is 0 Å². The van der Waals surface area contributed by atoms with E-state index < -0.39 is 9.04 Å². The SMILES string of the molecule is COC(=C1C2CC3CC(C2)CC1C3)c1ccc2cc(C(C)(C)C)ccc2c1O[Si](c1ccccc1)c1ccccc1. The van der Waals surface area contributed by atoms with E-state index in [0.29, 0.717) is 11.8 Å². The third-order valence-electron chi connectivity index (χ3n) is 9.84. The molecule has 8 rings (SSSR count). The number of ether oxygens (including phenoxy) is 1. The zero-order chi connectivity index (χ0) is 28.1. The first kappa shape index (κ1) is 26.6. The van der Waals surface area contributed by atoms with E-state index in [0.717, 1.165) is 28.9 Å². The van der Waals surface area contributed by atoms with Gasteiger partial charge < -0.3 is 9.16 Å². The van der Waals surface area contributed by atoms with Crippen LogP contribution in [-0.4, -0.2) is 16.2 Å². The van der Waals surface area contributed by atoms with Gasteiger partial charge in [-0.05, 0) is 94.2 Å². The van der Waals surface area contributed by atoms with Gasteiger partial charge in [0.1, 0.15) is 11.5 Å². The minimum absolute atomic E-state index is 0.0803. The molecule has 0 saturated heterocycles. The molecular weight excluding hydrogens is 517 g/mol. The molecule has 4 aliphatic carbocycles. The van der Waals surface area contributed by atoms with Gasteiger partial charge in [-0.2, -0.15) is 0 Å². The molecule has 0 atom stereocenters. The average Bonchev–Trinajstić information content (AvgIpc) is 2.97. The standard InChI is InChI=1S/C38H41O2Si/c1-38(2,3)30-16-18-33-27(24-30)15-17-34(37(39-4)35-28-20-25-19-26(22-28)23-29(35)21-25)36(33)40-41(31-11-7-5-8-12-31)32-13-9-6-10-14-32/h5-18,24-26,28-29H,19-23H2,1-4H3. The van der Waals surface area contributed by atoms with Crippen LogP contribution in [-0.2, 0) is 10.2 Å². The van der Waals surface area contributed by atoms with E-state index in [1.54, 1.807) is 5.57 Å². The van der Waals surface area contributed by atoms with E-state index >= 15 is 0 Å². The molecule has 3 heteroatoms. The van der Waals surface area contributed by atoms with Crippen LogP contribution in [0.4, 0.5) is 0 Å². The fraction of sp³-hybridized carbons (Fsp3) is 0.368. The van der Waals surface area contributed by atoms with Crippen molar-refractivity contribution in [2.75, 3.05) is 7.11 Å². The molecule has 4 bridgehead atoms.